The molecule has 0 aliphatic carbocycles. The van der Waals surface area contributed by atoms with Crippen molar-refractivity contribution >= 4 is 79.0 Å². The number of nitriles is 2. The molecule has 0 bridgehead atoms. The maximum atomic E-state index is 10.1. The molecule has 10 rings (SSSR count). The monoisotopic (exact) mass is 635 g/mol. The van der Waals surface area contributed by atoms with Crippen LogP contribution in [-0.4, -0.2) is 11.3 Å². The molecule has 230 valence electrons. The Hall–Kier alpha value is -7.02. The first-order chi connectivity index (χ1) is 24.7. The van der Waals surface area contributed by atoms with Crippen LogP contribution >= 0.6 is 0 Å². The normalized spacial score (nSPS) is 12.6. The Kier molecular flexibility index (Phi) is 6.03. The maximum absolute atomic E-state index is 10.1. The molecule has 0 saturated heterocycles. The SMILES string of the molecule is N#Cc1ccc2c(c1)B1c3cc(C#N)ccc3N(c3ccccc3)c3cc(-n4c5ccccc5c5ccccc54)cc(c31)N2c1ccccc1. The summed E-state index contributed by atoms with van der Waals surface area (Å²) in [6.45, 7) is -0.210. The first-order valence-electron chi connectivity index (χ1n) is 16.7. The minimum atomic E-state index is -0.210. The molecule has 0 fully saturated rings. The van der Waals surface area contributed by atoms with Crippen molar-refractivity contribution in [2.75, 3.05) is 9.80 Å². The number of hydrogen-bond acceptors (Lipinski definition) is 4. The molecule has 0 saturated carbocycles. The van der Waals surface area contributed by atoms with E-state index in [1.807, 2.05) is 36.4 Å². The first-order valence-corrected chi connectivity index (χ1v) is 16.7. The average molecular weight is 636 g/mol. The molecule has 3 heterocycles. The largest absolute Gasteiger partial charge is 0.311 e. The van der Waals surface area contributed by atoms with Crippen molar-refractivity contribution in [2.45, 2.75) is 0 Å². The lowest BCUT2D eigenvalue weighted by molar-refractivity contribution is 1.16. The maximum Gasteiger partial charge on any atom is 0.252 e. The zero-order valence-electron chi connectivity index (χ0n) is 26.8. The lowest BCUT2D eigenvalue weighted by Crippen LogP contribution is -2.61. The van der Waals surface area contributed by atoms with Crippen LogP contribution in [0.5, 0.6) is 0 Å². The summed E-state index contributed by atoms with van der Waals surface area (Å²) in [6.07, 6.45) is 0. The van der Waals surface area contributed by atoms with Crippen LogP contribution in [0.1, 0.15) is 11.1 Å². The van der Waals surface area contributed by atoms with Crippen LogP contribution in [0, 0.1) is 22.7 Å². The van der Waals surface area contributed by atoms with E-state index in [-0.39, 0.29) is 6.71 Å². The van der Waals surface area contributed by atoms with E-state index in [0.717, 1.165) is 67.2 Å². The molecule has 0 radical (unpaired) electrons. The predicted octanol–water partition coefficient (Wildman–Crippen LogP) is 8.61. The summed E-state index contributed by atoms with van der Waals surface area (Å²) in [4.78, 5) is 4.68. The van der Waals surface area contributed by atoms with Gasteiger partial charge in [0, 0.05) is 44.9 Å². The summed E-state index contributed by atoms with van der Waals surface area (Å²) >= 11 is 0. The number of aromatic nitrogens is 1. The molecule has 0 N–H and O–H groups in total. The zero-order chi connectivity index (χ0) is 33.3. The fraction of sp³-hybridized carbons (Fsp3) is 0. The number of para-hydroxylation sites is 4. The van der Waals surface area contributed by atoms with Crippen LogP contribution in [0.15, 0.2) is 158 Å². The highest BCUT2D eigenvalue weighted by atomic mass is 15.2. The van der Waals surface area contributed by atoms with Crippen LogP contribution in [0.25, 0.3) is 27.5 Å². The van der Waals surface area contributed by atoms with Gasteiger partial charge in [-0.2, -0.15) is 10.5 Å². The molecule has 1 aromatic heterocycles. The van der Waals surface area contributed by atoms with Crippen LogP contribution in [0.4, 0.5) is 34.1 Å². The highest BCUT2D eigenvalue weighted by Gasteiger charge is 2.44. The van der Waals surface area contributed by atoms with Gasteiger partial charge in [0.15, 0.2) is 0 Å². The third-order valence-corrected chi connectivity index (χ3v) is 10.2. The van der Waals surface area contributed by atoms with Gasteiger partial charge in [0.05, 0.1) is 40.0 Å². The lowest BCUT2D eigenvalue weighted by Gasteiger charge is -2.44. The molecule has 5 nitrogen and oxygen atoms in total. The smallest absolute Gasteiger partial charge is 0.252 e. The van der Waals surface area contributed by atoms with Gasteiger partial charge in [-0.15, -0.1) is 0 Å². The van der Waals surface area contributed by atoms with Gasteiger partial charge in [0.25, 0.3) is 6.71 Å². The number of benzene rings is 7. The summed E-state index contributed by atoms with van der Waals surface area (Å²) < 4.78 is 2.38. The Bertz CT molecular complexity index is 2570. The molecular formula is C44H26BN5. The number of fused-ring (bicyclic) bond motifs is 7. The Balaban J connectivity index is 1.39. The van der Waals surface area contributed by atoms with Gasteiger partial charge in [-0.3, -0.25) is 0 Å². The number of nitrogens with zero attached hydrogens (tertiary/aromatic N) is 5. The molecule has 0 spiro atoms. The van der Waals surface area contributed by atoms with Crippen molar-refractivity contribution in [1.29, 1.82) is 10.5 Å². The zero-order valence-corrected chi connectivity index (χ0v) is 26.8. The molecule has 2 aliphatic heterocycles. The van der Waals surface area contributed by atoms with E-state index >= 15 is 0 Å². The standard InChI is InChI=1S/C44H26BN5/c46-27-29-19-21-40-36(23-29)45-37-24-30(28-47)20-22-41(37)49(32-13-5-2-6-14-32)43-26-33(25-42(44(43)45)48(40)31-11-3-1-4-12-31)50-38-17-9-7-15-34(38)35-16-8-10-18-39(35)50/h1-26H. The molecular weight excluding hydrogens is 609 g/mol. The van der Waals surface area contributed by atoms with Gasteiger partial charge in [-0.05, 0) is 101 Å². The van der Waals surface area contributed by atoms with E-state index in [2.05, 4.69) is 148 Å². The Labute approximate surface area is 289 Å². The number of hydrogen-bond donors (Lipinski definition) is 0. The second-order valence-corrected chi connectivity index (χ2v) is 12.8. The molecule has 0 atom stereocenters. The highest BCUT2D eigenvalue weighted by Crippen LogP contribution is 2.46. The fourth-order valence-electron chi connectivity index (χ4n) is 8.17. The molecule has 6 heteroatoms. The Morgan fingerprint density at radius 1 is 0.420 bits per heavy atom. The summed E-state index contributed by atoms with van der Waals surface area (Å²) in [5.41, 5.74) is 13.9. The Morgan fingerprint density at radius 3 is 1.32 bits per heavy atom. The van der Waals surface area contributed by atoms with E-state index in [1.54, 1.807) is 0 Å². The van der Waals surface area contributed by atoms with E-state index in [9.17, 15) is 10.5 Å². The predicted molar refractivity (Wildman–Crippen MR) is 204 cm³/mol. The Morgan fingerprint density at radius 2 is 0.860 bits per heavy atom. The van der Waals surface area contributed by atoms with Gasteiger partial charge >= 0.3 is 0 Å². The van der Waals surface area contributed by atoms with E-state index < -0.39 is 0 Å². The minimum Gasteiger partial charge on any atom is -0.311 e. The van der Waals surface area contributed by atoms with Gasteiger partial charge < -0.3 is 14.4 Å². The molecule has 2 aliphatic rings. The van der Waals surface area contributed by atoms with Gasteiger partial charge in [-0.25, -0.2) is 0 Å². The van der Waals surface area contributed by atoms with Gasteiger partial charge in [0.1, 0.15) is 0 Å². The summed E-state index contributed by atoms with van der Waals surface area (Å²) in [6, 6.07) is 59.6. The molecule has 0 unspecified atom stereocenters. The summed E-state index contributed by atoms with van der Waals surface area (Å²) in [5.74, 6) is 0. The van der Waals surface area contributed by atoms with E-state index in [0.29, 0.717) is 11.1 Å². The van der Waals surface area contributed by atoms with Crippen molar-refractivity contribution in [3.63, 3.8) is 0 Å². The second-order valence-electron chi connectivity index (χ2n) is 12.8. The van der Waals surface area contributed by atoms with Crippen molar-refractivity contribution in [1.82, 2.24) is 4.57 Å². The molecule has 7 aromatic carbocycles. The van der Waals surface area contributed by atoms with E-state index in [1.165, 1.54) is 10.8 Å². The number of anilines is 6. The van der Waals surface area contributed by atoms with Crippen molar-refractivity contribution < 1.29 is 0 Å². The van der Waals surface area contributed by atoms with Crippen LogP contribution in [-0.2, 0) is 0 Å². The molecule has 0 amide bonds. The van der Waals surface area contributed by atoms with E-state index in [4.69, 9.17) is 0 Å². The average Bonchev–Trinajstić information content (AvgIpc) is 3.52. The highest BCUT2D eigenvalue weighted by molar-refractivity contribution is 7.00. The summed E-state index contributed by atoms with van der Waals surface area (Å²) in [7, 11) is 0. The van der Waals surface area contributed by atoms with Crippen LogP contribution < -0.4 is 26.2 Å². The first kappa shape index (κ1) is 28.0. The van der Waals surface area contributed by atoms with Crippen LogP contribution in [0.3, 0.4) is 0 Å². The quantitative estimate of drug-likeness (QED) is 0.183. The summed E-state index contributed by atoms with van der Waals surface area (Å²) in [5, 5.41) is 22.6. The second kappa shape index (κ2) is 10.8. The van der Waals surface area contributed by atoms with Gasteiger partial charge in [-0.1, -0.05) is 72.8 Å². The molecule has 50 heavy (non-hydrogen) atoms. The third kappa shape index (κ3) is 3.94. The number of rotatable bonds is 3. The minimum absolute atomic E-state index is 0.210. The third-order valence-electron chi connectivity index (χ3n) is 10.2. The lowest BCUT2D eigenvalue weighted by atomic mass is 9.33. The van der Waals surface area contributed by atoms with Gasteiger partial charge in [0.2, 0.25) is 0 Å². The van der Waals surface area contributed by atoms with Crippen molar-refractivity contribution in [3.8, 4) is 17.8 Å². The van der Waals surface area contributed by atoms with Crippen LogP contribution in [0.2, 0.25) is 0 Å². The molecule has 8 aromatic rings. The van der Waals surface area contributed by atoms with Crippen molar-refractivity contribution in [2.24, 2.45) is 0 Å². The topological polar surface area (TPSA) is 59.0 Å². The van der Waals surface area contributed by atoms with Crippen molar-refractivity contribution in [3.05, 3.63) is 169 Å². The fourth-order valence-corrected chi connectivity index (χ4v) is 8.17.